The van der Waals surface area contributed by atoms with E-state index in [1.54, 1.807) is 12.3 Å². The number of nitrogens with zero attached hydrogens (tertiary/aromatic N) is 3. The molecule has 0 saturated carbocycles. The van der Waals surface area contributed by atoms with Crippen molar-refractivity contribution in [1.82, 2.24) is 15.2 Å². The summed E-state index contributed by atoms with van der Waals surface area (Å²) in [4.78, 5) is 15.8. The molecule has 2 aromatic rings. The van der Waals surface area contributed by atoms with E-state index in [9.17, 15) is 4.79 Å². The van der Waals surface area contributed by atoms with Crippen molar-refractivity contribution in [2.24, 2.45) is 0 Å². The van der Waals surface area contributed by atoms with Crippen LogP contribution in [0, 0.1) is 6.92 Å². The Labute approximate surface area is 126 Å². The number of halogens is 1. The number of nitrogen functional groups attached to an aromatic ring is 1. The van der Waals surface area contributed by atoms with E-state index in [4.69, 9.17) is 5.73 Å². The van der Waals surface area contributed by atoms with Crippen LogP contribution in [0.5, 0.6) is 0 Å². The van der Waals surface area contributed by atoms with Crippen molar-refractivity contribution >= 4 is 55.9 Å². The Hall–Kier alpha value is -1.19. The lowest BCUT2D eigenvalue weighted by molar-refractivity contribution is -0.113. The van der Waals surface area contributed by atoms with Crippen molar-refractivity contribution in [3.05, 3.63) is 22.3 Å². The minimum Gasteiger partial charge on any atom is -0.374 e. The molecule has 1 amide bonds. The first-order valence-corrected chi connectivity index (χ1v) is 7.78. The second kappa shape index (κ2) is 6.31. The largest absolute Gasteiger partial charge is 0.374 e. The number of nitrogens with two attached hydrogens (primary N) is 1. The molecule has 100 valence electrons. The quantitative estimate of drug-likeness (QED) is 0.813. The van der Waals surface area contributed by atoms with Crippen LogP contribution in [0.4, 0.5) is 10.9 Å². The van der Waals surface area contributed by atoms with Gasteiger partial charge in [0.2, 0.25) is 11.0 Å². The number of carbonyl (C=O) groups is 1. The summed E-state index contributed by atoms with van der Waals surface area (Å²) in [6.07, 6.45) is 1.66. The molecular weight excluding hydrogens is 350 g/mol. The number of nitrogens with one attached hydrogen (secondary N) is 1. The van der Waals surface area contributed by atoms with Gasteiger partial charge in [-0.1, -0.05) is 23.1 Å². The van der Waals surface area contributed by atoms with Crippen molar-refractivity contribution in [1.29, 1.82) is 0 Å². The fourth-order valence-electron chi connectivity index (χ4n) is 1.19. The first kappa shape index (κ1) is 14.2. The highest BCUT2D eigenvalue weighted by Gasteiger charge is 2.08. The first-order chi connectivity index (χ1) is 9.04. The van der Waals surface area contributed by atoms with Gasteiger partial charge in [0.1, 0.15) is 5.82 Å². The van der Waals surface area contributed by atoms with Gasteiger partial charge in [-0.3, -0.25) is 4.79 Å². The Morgan fingerprint density at radius 3 is 3.00 bits per heavy atom. The summed E-state index contributed by atoms with van der Waals surface area (Å²) in [6, 6.07) is 1.80. The molecule has 0 unspecified atom stereocenters. The maximum Gasteiger partial charge on any atom is 0.235 e. The lowest BCUT2D eigenvalue weighted by Gasteiger charge is -2.05. The average molecular weight is 360 g/mol. The molecule has 0 atom stereocenters. The van der Waals surface area contributed by atoms with Crippen molar-refractivity contribution < 1.29 is 4.79 Å². The van der Waals surface area contributed by atoms with E-state index in [1.165, 1.54) is 23.1 Å². The zero-order valence-electron chi connectivity index (χ0n) is 9.88. The normalized spacial score (nSPS) is 10.4. The number of pyridine rings is 1. The molecule has 2 aromatic heterocycles. The minimum atomic E-state index is -0.145. The van der Waals surface area contributed by atoms with E-state index >= 15 is 0 Å². The molecule has 0 saturated heterocycles. The second-order valence-corrected chi connectivity index (χ2v) is 6.65. The molecule has 0 aliphatic carbocycles. The lowest BCUT2D eigenvalue weighted by atomic mass is 10.3. The van der Waals surface area contributed by atoms with Gasteiger partial charge in [0.05, 0.1) is 5.75 Å². The number of hydrogen-bond donors (Lipinski definition) is 2. The van der Waals surface area contributed by atoms with Crippen LogP contribution in [0.25, 0.3) is 0 Å². The molecule has 19 heavy (non-hydrogen) atoms. The SMILES string of the molecule is Cc1cc(NC(=O)CSc2nnc(N)s2)ncc1Br. The number of aromatic nitrogens is 3. The average Bonchev–Trinajstić information content (AvgIpc) is 2.77. The maximum absolute atomic E-state index is 11.7. The third-order valence-corrected chi connectivity index (χ3v) is 4.78. The van der Waals surface area contributed by atoms with Crippen molar-refractivity contribution in [3.63, 3.8) is 0 Å². The van der Waals surface area contributed by atoms with E-state index < -0.39 is 0 Å². The van der Waals surface area contributed by atoms with Crippen molar-refractivity contribution in [2.75, 3.05) is 16.8 Å². The number of rotatable bonds is 4. The summed E-state index contributed by atoms with van der Waals surface area (Å²) in [7, 11) is 0. The number of carbonyl (C=O) groups excluding carboxylic acids is 1. The molecule has 3 N–H and O–H groups in total. The monoisotopic (exact) mass is 359 g/mol. The summed E-state index contributed by atoms with van der Waals surface area (Å²) in [6.45, 7) is 1.93. The Bertz CT molecular complexity index is 603. The summed E-state index contributed by atoms with van der Waals surface area (Å²) in [5.41, 5.74) is 6.47. The molecule has 0 aliphatic heterocycles. The lowest BCUT2D eigenvalue weighted by Crippen LogP contribution is -2.15. The topological polar surface area (TPSA) is 93.8 Å². The third kappa shape index (κ3) is 4.15. The number of amides is 1. The van der Waals surface area contributed by atoms with Crippen molar-refractivity contribution in [2.45, 2.75) is 11.3 Å². The predicted molar refractivity (Wildman–Crippen MR) is 80.3 cm³/mol. The van der Waals surface area contributed by atoms with Gasteiger partial charge in [0, 0.05) is 10.7 Å². The molecule has 2 heterocycles. The molecule has 6 nitrogen and oxygen atoms in total. The van der Waals surface area contributed by atoms with E-state index in [0.29, 0.717) is 15.3 Å². The van der Waals surface area contributed by atoms with Crippen LogP contribution in [-0.4, -0.2) is 26.8 Å². The second-order valence-electron chi connectivity index (χ2n) is 3.56. The van der Waals surface area contributed by atoms with E-state index in [-0.39, 0.29) is 11.7 Å². The minimum absolute atomic E-state index is 0.145. The molecule has 9 heteroatoms. The highest BCUT2D eigenvalue weighted by atomic mass is 79.9. The van der Waals surface area contributed by atoms with Gasteiger partial charge in [0.25, 0.3) is 0 Å². The van der Waals surface area contributed by atoms with E-state index in [2.05, 4.69) is 36.4 Å². The maximum atomic E-state index is 11.7. The van der Waals surface area contributed by atoms with E-state index in [0.717, 1.165) is 10.0 Å². The van der Waals surface area contributed by atoms with Gasteiger partial charge >= 0.3 is 0 Å². The van der Waals surface area contributed by atoms with Crippen LogP contribution in [0.2, 0.25) is 0 Å². The third-order valence-electron chi connectivity index (χ3n) is 2.06. The summed E-state index contributed by atoms with van der Waals surface area (Å²) in [5.74, 6) is 0.627. The Balaban J connectivity index is 1.88. The van der Waals surface area contributed by atoms with E-state index in [1.807, 2.05) is 6.92 Å². The zero-order chi connectivity index (χ0) is 13.8. The van der Waals surface area contributed by atoms with Gasteiger partial charge in [0.15, 0.2) is 4.34 Å². The fourth-order valence-corrected chi connectivity index (χ4v) is 2.85. The number of anilines is 2. The number of thioether (sulfide) groups is 1. The Kier molecular flexibility index (Phi) is 4.72. The molecule has 0 fully saturated rings. The van der Waals surface area contributed by atoms with Gasteiger partial charge in [-0.2, -0.15) is 0 Å². The molecule has 0 spiro atoms. The predicted octanol–water partition coefficient (Wildman–Crippen LogP) is 2.32. The zero-order valence-corrected chi connectivity index (χ0v) is 13.1. The highest BCUT2D eigenvalue weighted by Crippen LogP contribution is 2.23. The molecule has 0 aromatic carbocycles. The van der Waals surface area contributed by atoms with Gasteiger partial charge in [-0.15, -0.1) is 10.2 Å². The van der Waals surface area contributed by atoms with Crippen LogP contribution in [0.3, 0.4) is 0 Å². The first-order valence-electron chi connectivity index (χ1n) is 5.18. The van der Waals surface area contributed by atoms with Crippen LogP contribution in [0.1, 0.15) is 5.56 Å². The summed E-state index contributed by atoms with van der Waals surface area (Å²) in [5, 5.41) is 10.6. The van der Waals surface area contributed by atoms with Crippen molar-refractivity contribution in [3.8, 4) is 0 Å². The summed E-state index contributed by atoms with van der Waals surface area (Å²) >= 11 is 5.90. The fraction of sp³-hybridized carbons (Fsp3) is 0.200. The molecular formula is C10H10BrN5OS2. The standard InChI is InChI=1S/C10H10BrN5OS2/c1-5-2-7(13-3-6(5)11)14-8(17)4-18-10-16-15-9(12)19-10/h2-3H,4H2,1H3,(H2,12,15)(H,13,14,17). The molecule has 0 bridgehead atoms. The highest BCUT2D eigenvalue weighted by molar-refractivity contribution is 9.10. The van der Waals surface area contributed by atoms with Gasteiger partial charge < -0.3 is 11.1 Å². The number of hydrogen-bond acceptors (Lipinski definition) is 7. The summed E-state index contributed by atoms with van der Waals surface area (Å²) < 4.78 is 1.58. The van der Waals surface area contributed by atoms with Gasteiger partial charge in [-0.25, -0.2) is 4.98 Å². The van der Waals surface area contributed by atoms with Gasteiger partial charge in [-0.05, 0) is 34.5 Å². The Morgan fingerprint density at radius 2 is 2.37 bits per heavy atom. The number of aryl methyl sites for hydroxylation is 1. The van der Waals surface area contributed by atoms with Crippen LogP contribution in [-0.2, 0) is 4.79 Å². The van der Waals surface area contributed by atoms with Crippen LogP contribution in [0.15, 0.2) is 21.1 Å². The van der Waals surface area contributed by atoms with Crippen LogP contribution < -0.4 is 11.1 Å². The molecule has 2 rings (SSSR count). The Morgan fingerprint density at radius 1 is 1.58 bits per heavy atom. The molecule has 0 radical (unpaired) electrons. The van der Waals surface area contributed by atoms with Crippen LogP contribution >= 0.6 is 39.0 Å². The smallest absolute Gasteiger partial charge is 0.235 e. The molecule has 0 aliphatic rings.